The number of hydrogen-bond donors (Lipinski definition) is 0. The second-order valence-electron chi connectivity index (χ2n) is 11.0. The van der Waals surface area contributed by atoms with Crippen molar-refractivity contribution < 1.29 is 16.5 Å². The molecule has 2 atom stereocenters. The van der Waals surface area contributed by atoms with E-state index in [1.165, 1.54) is 10.4 Å². The molecule has 0 aromatic heterocycles. The Bertz CT molecular complexity index is 1170. The zero-order valence-electron chi connectivity index (χ0n) is 23.9. The maximum absolute atomic E-state index is 7.37. The molecule has 0 aliphatic rings. The van der Waals surface area contributed by atoms with Crippen molar-refractivity contribution in [3.63, 3.8) is 0 Å². The third-order valence-corrected chi connectivity index (χ3v) is 26.2. The molecule has 0 saturated heterocycles. The van der Waals surface area contributed by atoms with Crippen LogP contribution in [0.5, 0.6) is 0 Å². The summed E-state index contributed by atoms with van der Waals surface area (Å²) in [6.07, 6.45) is 0. The molecule has 3 rings (SSSR count). The number of benzene rings is 3. The van der Waals surface area contributed by atoms with Gasteiger partial charge in [0.2, 0.25) is 16.6 Å². The van der Waals surface area contributed by atoms with Crippen molar-refractivity contribution in [2.45, 2.75) is 75.5 Å². The van der Waals surface area contributed by atoms with Crippen molar-refractivity contribution in [1.82, 2.24) is 0 Å². The molecule has 234 valence electrons. The van der Waals surface area contributed by atoms with Crippen LogP contribution >= 0.6 is 0 Å². The summed E-state index contributed by atoms with van der Waals surface area (Å²) in [5, 5.41) is 3.38. The van der Waals surface area contributed by atoms with Gasteiger partial charge in [0.1, 0.15) is 0 Å². The standard InChI is InChI=1S/C29H42O4Si5.4CH4/c1-10-34(3,4)30-37(8,29-25-19-14-20-26-29)33-38(9,31-35(5,6)11-2)32-36(7,27-21-15-12-16-22-27)28-23-17-13-18-24-28;;;;/h10-26H,1-2H2,3-9H3;4*1H4. The fourth-order valence-corrected chi connectivity index (χ4v) is 25.7. The van der Waals surface area contributed by atoms with Crippen LogP contribution in [-0.2, 0) is 16.5 Å². The molecule has 0 fully saturated rings. The lowest BCUT2D eigenvalue weighted by molar-refractivity contribution is 0.243. The highest BCUT2D eigenvalue weighted by atomic mass is 28.5. The molecule has 9 heteroatoms. The third kappa shape index (κ3) is 10.7. The van der Waals surface area contributed by atoms with Gasteiger partial charge in [-0.05, 0) is 54.8 Å². The monoisotopic (exact) mass is 658 g/mol. The predicted molar refractivity (Wildman–Crippen MR) is 200 cm³/mol. The van der Waals surface area contributed by atoms with Crippen molar-refractivity contribution in [1.29, 1.82) is 0 Å². The Morgan fingerprint density at radius 3 is 1.14 bits per heavy atom. The smallest absolute Gasteiger partial charge is 0.430 e. The first-order chi connectivity index (χ1) is 17.8. The number of hydrogen-bond acceptors (Lipinski definition) is 4. The summed E-state index contributed by atoms with van der Waals surface area (Å²) in [5.41, 5.74) is 3.90. The van der Waals surface area contributed by atoms with Crippen LogP contribution in [0.15, 0.2) is 116 Å². The molecule has 0 aliphatic heterocycles. The van der Waals surface area contributed by atoms with Crippen LogP contribution in [0.1, 0.15) is 29.7 Å². The van der Waals surface area contributed by atoms with E-state index in [0.29, 0.717) is 0 Å². The minimum atomic E-state index is -3.36. The van der Waals surface area contributed by atoms with Gasteiger partial charge in [-0.25, -0.2) is 0 Å². The average Bonchev–Trinajstić information content (AvgIpc) is 2.89. The summed E-state index contributed by atoms with van der Waals surface area (Å²) in [7, 11) is -13.7. The van der Waals surface area contributed by atoms with Crippen LogP contribution < -0.4 is 15.6 Å². The normalized spacial score (nSPS) is 14.3. The Kier molecular flexibility index (Phi) is 16.9. The Morgan fingerprint density at radius 1 is 0.452 bits per heavy atom. The largest absolute Gasteiger partial charge is 0.468 e. The molecule has 0 aliphatic carbocycles. The molecule has 4 nitrogen and oxygen atoms in total. The molecule has 0 saturated carbocycles. The van der Waals surface area contributed by atoms with Gasteiger partial charge in [0.25, 0.3) is 0 Å². The maximum Gasteiger partial charge on any atom is 0.468 e. The molecule has 0 N–H and O–H groups in total. The van der Waals surface area contributed by atoms with Gasteiger partial charge in [-0.2, -0.15) is 0 Å². The lowest BCUT2D eigenvalue weighted by atomic mass is 10.4. The van der Waals surface area contributed by atoms with Crippen molar-refractivity contribution in [2.24, 2.45) is 0 Å². The summed E-state index contributed by atoms with van der Waals surface area (Å²) in [6.45, 7) is 23.1. The fraction of sp³-hybridized carbons (Fsp3) is 0.333. The van der Waals surface area contributed by atoms with Gasteiger partial charge < -0.3 is 16.5 Å². The first-order valence-corrected chi connectivity index (χ1v) is 25.9. The molecule has 0 amide bonds. The molecule has 0 spiro atoms. The Morgan fingerprint density at radius 2 is 0.786 bits per heavy atom. The van der Waals surface area contributed by atoms with Crippen LogP contribution in [-0.4, -0.2) is 42.3 Å². The fourth-order valence-electron chi connectivity index (χ4n) is 4.53. The van der Waals surface area contributed by atoms with Crippen molar-refractivity contribution in [2.75, 3.05) is 0 Å². The van der Waals surface area contributed by atoms with E-state index in [4.69, 9.17) is 16.5 Å². The van der Waals surface area contributed by atoms with Crippen LogP contribution in [0.3, 0.4) is 0 Å². The Balaban J connectivity index is 0. The first-order valence-electron chi connectivity index (χ1n) is 13.0. The van der Waals surface area contributed by atoms with E-state index in [-0.39, 0.29) is 29.7 Å². The molecular formula is C33H58O4Si5. The SMILES string of the molecule is C.C.C.C.C=C[Si](C)(C)O[Si](C)(O[Si](C)(O[Si](C)(C)C=C)c1ccccc1)O[Si](C)(c1ccccc1)c1ccccc1. The van der Waals surface area contributed by atoms with Gasteiger partial charge in [-0.3, -0.25) is 0 Å². The Labute approximate surface area is 264 Å². The van der Waals surface area contributed by atoms with E-state index in [1.807, 2.05) is 48.3 Å². The molecule has 3 aromatic rings. The van der Waals surface area contributed by atoms with E-state index >= 15 is 0 Å². The molecule has 42 heavy (non-hydrogen) atoms. The number of rotatable bonds is 13. The molecule has 0 radical (unpaired) electrons. The van der Waals surface area contributed by atoms with E-state index in [0.717, 1.165) is 5.19 Å². The third-order valence-electron chi connectivity index (χ3n) is 6.61. The topological polar surface area (TPSA) is 36.9 Å². The maximum atomic E-state index is 7.37. The molecule has 3 aromatic carbocycles. The quantitative estimate of drug-likeness (QED) is 0.173. The van der Waals surface area contributed by atoms with Crippen LogP contribution in [0.25, 0.3) is 0 Å². The lowest BCUT2D eigenvalue weighted by Gasteiger charge is -2.45. The van der Waals surface area contributed by atoms with Gasteiger partial charge in [0.05, 0.1) is 0 Å². The molecule has 2 unspecified atom stereocenters. The van der Waals surface area contributed by atoms with Crippen molar-refractivity contribution in [3.05, 3.63) is 116 Å². The molecule has 0 bridgehead atoms. The highest BCUT2D eigenvalue weighted by Crippen LogP contribution is 2.28. The van der Waals surface area contributed by atoms with E-state index in [1.54, 1.807) is 0 Å². The molecular weight excluding hydrogens is 601 g/mol. The predicted octanol–water partition coefficient (Wildman–Crippen LogP) is 8.40. The van der Waals surface area contributed by atoms with Gasteiger partial charge in [-0.15, -0.1) is 13.2 Å². The first kappa shape index (κ1) is 42.2. The van der Waals surface area contributed by atoms with Crippen molar-refractivity contribution in [3.8, 4) is 0 Å². The zero-order chi connectivity index (χ0) is 28.1. The van der Waals surface area contributed by atoms with Crippen LogP contribution in [0.4, 0.5) is 0 Å². The van der Waals surface area contributed by atoms with Crippen molar-refractivity contribution >= 4 is 57.9 Å². The summed E-state index contributed by atoms with van der Waals surface area (Å²) in [6, 6.07) is 31.2. The van der Waals surface area contributed by atoms with Crippen LogP contribution in [0.2, 0.25) is 45.8 Å². The van der Waals surface area contributed by atoms with Gasteiger partial charge in [-0.1, -0.05) is 132 Å². The zero-order valence-corrected chi connectivity index (χ0v) is 28.9. The minimum absolute atomic E-state index is 0. The summed E-state index contributed by atoms with van der Waals surface area (Å²) in [5.74, 6) is 0. The van der Waals surface area contributed by atoms with Gasteiger partial charge in [0, 0.05) is 6.55 Å². The summed E-state index contributed by atoms with van der Waals surface area (Å²) in [4.78, 5) is 0. The summed E-state index contributed by atoms with van der Waals surface area (Å²) < 4.78 is 28.5. The second kappa shape index (κ2) is 16.8. The van der Waals surface area contributed by atoms with Gasteiger partial charge in [0.15, 0.2) is 8.32 Å². The van der Waals surface area contributed by atoms with Gasteiger partial charge >= 0.3 is 17.4 Å². The minimum Gasteiger partial charge on any atom is -0.430 e. The Hall–Kier alpha value is -1.94. The lowest BCUT2D eigenvalue weighted by Crippen LogP contribution is -2.70. The van der Waals surface area contributed by atoms with Crippen LogP contribution in [0, 0.1) is 0 Å². The second-order valence-corrected chi connectivity index (χ2v) is 28.9. The van der Waals surface area contributed by atoms with E-state index < -0.39 is 42.3 Å². The highest BCUT2D eigenvalue weighted by Gasteiger charge is 2.54. The molecule has 0 heterocycles. The average molecular weight is 659 g/mol. The highest BCUT2D eigenvalue weighted by molar-refractivity contribution is 7.03. The van der Waals surface area contributed by atoms with E-state index in [9.17, 15) is 0 Å². The van der Waals surface area contributed by atoms with E-state index in [2.05, 4.69) is 113 Å². The summed E-state index contributed by atoms with van der Waals surface area (Å²) >= 11 is 0.